The highest BCUT2D eigenvalue weighted by Gasteiger charge is 2.26. The van der Waals surface area contributed by atoms with Gasteiger partial charge in [0.15, 0.2) is 0 Å². The molecule has 0 N–H and O–H groups in total. The molecule has 11 heavy (non-hydrogen) atoms. The third-order valence-corrected chi connectivity index (χ3v) is 2.02. The van der Waals surface area contributed by atoms with Crippen LogP contribution in [0.4, 0.5) is 4.39 Å². The lowest BCUT2D eigenvalue weighted by molar-refractivity contribution is 0.0119. The molecule has 1 rings (SSSR count). The zero-order valence-electron chi connectivity index (χ0n) is 7.82. The monoisotopic (exact) mass is 162 g/mol. The second-order valence-electron chi connectivity index (χ2n) is 3.06. The van der Waals surface area contributed by atoms with Crippen LogP contribution in [0.5, 0.6) is 0 Å². The second-order valence-corrected chi connectivity index (χ2v) is 3.06. The Morgan fingerprint density at radius 2 is 1.73 bits per heavy atom. The van der Waals surface area contributed by atoms with Crippen LogP contribution in [0.1, 0.15) is 33.6 Å². The molecule has 0 unspecified atom stereocenters. The fraction of sp³-hybridized carbons (Fsp3) is 1.00. The van der Waals surface area contributed by atoms with Crippen LogP contribution in [-0.4, -0.2) is 19.9 Å². The van der Waals surface area contributed by atoms with Crippen LogP contribution >= 0.6 is 0 Å². The lowest BCUT2D eigenvalue weighted by Gasteiger charge is -2.30. The summed E-state index contributed by atoms with van der Waals surface area (Å²) in [7, 11) is 0. The Hall–Kier alpha value is -0.110. The summed E-state index contributed by atoms with van der Waals surface area (Å²) in [5, 5.41) is 0. The molecule has 1 aliphatic heterocycles. The molecule has 1 saturated heterocycles. The van der Waals surface area contributed by atoms with Crippen molar-refractivity contribution in [2.75, 3.05) is 19.9 Å². The molecule has 1 heterocycles. The quantitative estimate of drug-likeness (QED) is 0.576. The maximum absolute atomic E-state index is 12.2. The number of ether oxygens (including phenoxy) is 1. The minimum absolute atomic E-state index is 0.0712. The van der Waals surface area contributed by atoms with Gasteiger partial charge in [0.2, 0.25) is 0 Å². The van der Waals surface area contributed by atoms with E-state index in [9.17, 15) is 4.39 Å². The molecule has 0 spiro atoms. The van der Waals surface area contributed by atoms with Gasteiger partial charge in [0, 0.05) is 18.6 Å². The molecule has 0 aromatic rings. The molecule has 0 radical (unpaired) electrons. The van der Waals surface area contributed by atoms with E-state index in [0.29, 0.717) is 0 Å². The van der Waals surface area contributed by atoms with Gasteiger partial charge >= 0.3 is 0 Å². The first-order chi connectivity index (χ1) is 5.27. The zero-order chi connectivity index (χ0) is 8.74. The standard InChI is InChI=1S/C7H13FO.C2H6/c1-7(6-8)2-4-9-5-3-7;1-2/h2-6H2,1H3;1-2H3. The molecular formula is C9H19FO. The van der Waals surface area contributed by atoms with Crippen LogP contribution < -0.4 is 0 Å². The molecule has 2 heteroatoms. The van der Waals surface area contributed by atoms with Gasteiger partial charge in [-0.3, -0.25) is 4.39 Å². The Balaban J connectivity index is 0.000000461. The summed E-state index contributed by atoms with van der Waals surface area (Å²) >= 11 is 0. The maximum atomic E-state index is 12.2. The Kier molecular flexibility index (Phi) is 5.47. The van der Waals surface area contributed by atoms with Crippen molar-refractivity contribution in [1.29, 1.82) is 0 Å². The van der Waals surface area contributed by atoms with Gasteiger partial charge in [-0.15, -0.1) is 0 Å². The molecule has 0 atom stereocenters. The predicted octanol–water partition coefficient (Wildman–Crippen LogP) is 2.80. The van der Waals surface area contributed by atoms with E-state index >= 15 is 0 Å². The summed E-state index contributed by atoms with van der Waals surface area (Å²) in [5.41, 5.74) is -0.0712. The first-order valence-corrected chi connectivity index (χ1v) is 4.41. The van der Waals surface area contributed by atoms with E-state index in [4.69, 9.17) is 4.74 Å². The number of halogens is 1. The van der Waals surface area contributed by atoms with E-state index in [1.165, 1.54) is 0 Å². The minimum Gasteiger partial charge on any atom is -0.381 e. The Labute approximate surface area is 68.9 Å². The Morgan fingerprint density at radius 3 is 2.00 bits per heavy atom. The van der Waals surface area contributed by atoms with Gasteiger partial charge in [-0.2, -0.15) is 0 Å². The summed E-state index contributed by atoms with van der Waals surface area (Å²) in [6, 6.07) is 0. The van der Waals surface area contributed by atoms with Crippen LogP contribution in [0.25, 0.3) is 0 Å². The Morgan fingerprint density at radius 1 is 1.27 bits per heavy atom. The van der Waals surface area contributed by atoms with Gasteiger partial charge in [0.25, 0.3) is 0 Å². The largest absolute Gasteiger partial charge is 0.381 e. The van der Waals surface area contributed by atoms with Crippen molar-refractivity contribution in [3.05, 3.63) is 0 Å². The van der Waals surface area contributed by atoms with Crippen LogP contribution in [0.2, 0.25) is 0 Å². The summed E-state index contributed by atoms with van der Waals surface area (Å²) < 4.78 is 17.3. The molecule has 0 aromatic carbocycles. The highest BCUT2D eigenvalue weighted by Crippen LogP contribution is 2.29. The highest BCUT2D eigenvalue weighted by molar-refractivity contribution is 4.75. The van der Waals surface area contributed by atoms with Gasteiger partial charge in [0.05, 0.1) is 6.67 Å². The second kappa shape index (κ2) is 5.53. The van der Waals surface area contributed by atoms with Crippen LogP contribution in [-0.2, 0) is 4.74 Å². The number of hydrogen-bond acceptors (Lipinski definition) is 1. The van der Waals surface area contributed by atoms with Crippen molar-refractivity contribution in [2.24, 2.45) is 5.41 Å². The van der Waals surface area contributed by atoms with Crippen molar-refractivity contribution >= 4 is 0 Å². The molecule has 0 amide bonds. The van der Waals surface area contributed by atoms with E-state index in [0.717, 1.165) is 26.1 Å². The van der Waals surface area contributed by atoms with Crippen molar-refractivity contribution < 1.29 is 9.13 Å². The lowest BCUT2D eigenvalue weighted by Crippen LogP contribution is -2.28. The fourth-order valence-corrected chi connectivity index (χ4v) is 0.998. The van der Waals surface area contributed by atoms with Gasteiger partial charge in [-0.25, -0.2) is 0 Å². The van der Waals surface area contributed by atoms with Crippen molar-refractivity contribution in [3.63, 3.8) is 0 Å². The molecule has 68 valence electrons. The smallest absolute Gasteiger partial charge is 0.0949 e. The lowest BCUT2D eigenvalue weighted by atomic mass is 9.84. The molecule has 1 fully saturated rings. The van der Waals surface area contributed by atoms with Crippen molar-refractivity contribution in [1.82, 2.24) is 0 Å². The van der Waals surface area contributed by atoms with E-state index in [1.54, 1.807) is 0 Å². The van der Waals surface area contributed by atoms with Gasteiger partial charge in [-0.1, -0.05) is 20.8 Å². The van der Waals surface area contributed by atoms with Crippen LogP contribution in [0.15, 0.2) is 0 Å². The molecule has 1 aliphatic rings. The molecule has 1 nitrogen and oxygen atoms in total. The number of rotatable bonds is 1. The van der Waals surface area contributed by atoms with Crippen molar-refractivity contribution in [3.8, 4) is 0 Å². The van der Waals surface area contributed by atoms with Crippen LogP contribution in [0.3, 0.4) is 0 Å². The predicted molar refractivity (Wildman–Crippen MR) is 45.5 cm³/mol. The molecular weight excluding hydrogens is 143 g/mol. The maximum Gasteiger partial charge on any atom is 0.0949 e. The first-order valence-electron chi connectivity index (χ1n) is 4.41. The first kappa shape index (κ1) is 10.9. The fourth-order valence-electron chi connectivity index (χ4n) is 0.998. The van der Waals surface area contributed by atoms with Gasteiger partial charge in [0.1, 0.15) is 0 Å². The summed E-state index contributed by atoms with van der Waals surface area (Å²) in [5.74, 6) is 0. The van der Waals surface area contributed by atoms with E-state index in [2.05, 4.69) is 0 Å². The number of alkyl halides is 1. The Bertz CT molecular complexity index is 87.6. The molecule has 0 saturated carbocycles. The van der Waals surface area contributed by atoms with Crippen molar-refractivity contribution in [2.45, 2.75) is 33.6 Å². The van der Waals surface area contributed by atoms with Gasteiger partial charge < -0.3 is 4.74 Å². The number of hydrogen-bond donors (Lipinski definition) is 0. The molecule has 0 bridgehead atoms. The summed E-state index contributed by atoms with van der Waals surface area (Å²) in [4.78, 5) is 0. The van der Waals surface area contributed by atoms with E-state index in [-0.39, 0.29) is 12.1 Å². The minimum atomic E-state index is -0.198. The van der Waals surface area contributed by atoms with Crippen LogP contribution in [0, 0.1) is 5.41 Å². The average Bonchev–Trinajstić information content (AvgIpc) is 2.10. The average molecular weight is 162 g/mol. The highest BCUT2D eigenvalue weighted by atomic mass is 19.1. The summed E-state index contributed by atoms with van der Waals surface area (Å²) in [6.45, 7) is 7.26. The third-order valence-electron chi connectivity index (χ3n) is 2.02. The van der Waals surface area contributed by atoms with Gasteiger partial charge in [-0.05, 0) is 12.8 Å². The third kappa shape index (κ3) is 3.71. The van der Waals surface area contributed by atoms with E-state index in [1.807, 2.05) is 20.8 Å². The van der Waals surface area contributed by atoms with E-state index < -0.39 is 0 Å². The molecule has 0 aliphatic carbocycles. The SMILES string of the molecule is CC.CC1(CF)CCOCC1. The topological polar surface area (TPSA) is 9.23 Å². The summed E-state index contributed by atoms with van der Waals surface area (Å²) in [6.07, 6.45) is 1.76. The molecule has 0 aromatic heterocycles. The zero-order valence-corrected chi connectivity index (χ0v) is 7.82. The normalized spacial score (nSPS) is 21.8.